The third-order valence-electron chi connectivity index (χ3n) is 3.81. The highest BCUT2D eigenvalue weighted by atomic mass is 16.5. The fraction of sp³-hybridized carbons (Fsp3) is 0.562. The van der Waals surface area contributed by atoms with Gasteiger partial charge in [-0.15, -0.1) is 0 Å². The van der Waals surface area contributed by atoms with Crippen molar-refractivity contribution in [3.63, 3.8) is 0 Å². The first-order valence-corrected chi connectivity index (χ1v) is 7.25. The molecule has 1 aromatic rings. The van der Waals surface area contributed by atoms with Gasteiger partial charge in [-0.1, -0.05) is 6.42 Å². The van der Waals surface area contributed by atoms with Crippen molar-refractivity contribution in [2.45, 2.75) is 19.3 Å². The van der Waals surface area contributed by atoms with E-state index in [2.05, 4.69) is 4.90 Å². The number of hydrogen-bond donors (Lipinski definition) is 0. The quantitative estimate of drug-likeness (QED) is 0.754. The summed E-state index contributed by atoms with van der Waals surface area (Å²) in [6, 6.07) is 3.43. The van der Waals surface area contributed by atoms with Gasteiger partial charge in [0.05, 0.1) is 27.9 Å². The van der Waals surface area contributed by atoms with E-state index in [1.165, 1.54) is 6.42 Å². The van der Waals surface area contributed by atoms with Crippen molar-refractivity contribution < 1.29 is 19.0 Å². The first-order chi connectivity index (χ1) is 10.2. The number of carbonyl (C=O) groups is 1. The lowest BCUT2D eigenvalue weighted by Crippen LogP contribution is -2.34. The Morgan fingerprint density at radius 2 is 1.57 bits per heavy atom. The number of methoxy groups -OCH3 is 3. The van der Waals surface area contributed by atoms with E-state index in [1.54, 1.807) is 33.5 Å². The first kappa shape index (κ1) is 15.6. The van der Waals surface area contributed by atoms with Gasteiger partial charge in [0.25, 0.3) is 0 Å². The van der Waals surface area contributed by atoms with Crippen LogP contribution in [-0.2, 0) is 0 Å². The van der Waals surface area contributed by atoms with E-state index in [1.807, 2.05) is 0 Å². The molecule has 1 aliphatic rings. The summed E-state index contributed by atoms with van der Waals surface area (Å²) in [5, 5.41) is 0. The van der Waals surface area contributed by atoms with Gasteiger partial charge >= 0.3 is 0 Å². The molecule has 0 bridgehead atoms. The van der Waals surface area contributed by atoms with Gasteiger partial charge in [-0.3, -0.25) is 9.69 Å². The van der Waals surface area contributed by atoms with Crippen molar-refractivity contribution in [3.05, 3.63) is 17.7 Å². The van der Waals surface area contributed by atoms with E-state index in [9.17, 15) is 4.79 Å². The van der Waals surface area contributed by atoms with Gasteiger partial charge in [-0.2, -0.15) is 0 Å². The molecule has 1 heterocycles. The van der Waals surface area contributed by atoms with Crippen molar-refractivity contribution in [2.75, 3.05) is 41.0 Å². The van der Waals surface area contributed by atoms with E-state index in [-0.39, 0.29) is 5.78 Å². The van der Waals surface area contributed by atoms with Crippen LogP contribution in [0.4, 0.5) is 0 Å². The van der Waals surface area contributed by atoms with Crippen LogP contribution < -0.4 is 14.2 Å². The normalized spacial score (nSPS) is 15.6. The van der Waals surface area contributed by atoms with Crippen LogP contribution in [0.5, 0.6) is 17.2 Å². The van der Waals surface area contributed by atoms with Crippen LogP contribution in [0.1, 0.15) is 29.6 Å². The van der Waals surface area contributed by atoms with Crippen LogP contribution in [-0.4, -0.2) is 51.6 Å². The second kappa shape index (κ2) is 7.31. The Balaban J connectivity index is 2.25. The molecular formula is C16H23NO4. The lowest BCUT2D eigenvalue weighted by atomic mass is 10.1. The van der Waals surface area contributed by atoms with E-state index >= 15 is 0 Å². The second-order valence-corrected chi connectivity index (χ2v) is 5.17. The average molecular weight is 293 g/mol. The highest BCUT2D eigenvalue weighted by molar-refractivity contribution is 6.03. The van der Waals surface area contributed by atoms with Crippen molar-refractivity contribution in [3.8, 4) is 17.2 Å². The van der Waals surface area contributed by atoms with Crippen LogP contribution in [0, 0.1) is 0 Å². The molecule has 1 fully saturated rings. The molecule has 5 heteroatoms. The van der Waals surface area contributed by atoms with Gasteiger partial charge in [-0.25, -0.2) is 0 Å². The summed E-state index contributed by atoms with van der Waals surface area (Å²) in [5.41, 5.74) is 0.492. The minimum Gasteiger partial charge on any atom is -0.496 e. The fourth-order valence-electron chi connectivity index (χ4n) is 2.68. The number of ketones is 1. The molecule has 5 nitrogen and oxygen atoms in total. The summed E-state index contributed by atoms with van der Waals surface area (Å²) >= 11 is 0. The Hall–Kier alpha value is -1.75. The maximum atomic E-state index is 12.6. The van der Waals surface area contributed by atoms with Crippen LogP contribution in [0.15, 0.2) is 12.1 Å². The SMILES string of the molecule is COc1cc(OC)c(C(=O)CN2CCCCC2)c(OC)c1. The Bertz CT molecular complexity index is 470. The maximum absolute atomic E-state index is 12.6. The third kappa shape index (κ3) is 3.67. The Kier molecular flexibility index (Phi) is 5.44. The standard InChI is InChI=1S/C16H23NO4/c1-19-12-9-14(20-2)16(15(10-12)21-3)13(18)11-17-7-5-4-6-8-17/h9-10H,4-8,11H2,1-3H3. The molecule has 0 amide bonds. The predicted molar refractivity (Wildman–Crippen MR) is 80.7 cm³/mol. The van der Waals surface area contributed by atoms with E-state index in [4.69, 9.17) is 14.2 Å². The van der Waals surface area contributed by atoms with Crippen molar-refractivity contribution in [1.29, 1.82) is 0 Å². The number of ether oxygens (including phenoxy) is 3. The number of Topliss-reactive ketones (excluding diaryl/α,β-unsaturated/α-hetero) is 1. The van der Waals surface area contributed by atoms with Crippen molar-refractivity contribution in [1.82, 2.24) is 4.90 Å². The molecule has 0 aliphatic carbocycles. The summed E-state index contributed by atoms with van der Waals surface area (Å²) in [6.07, 6.45) is 3.56. The molecule has 1 aromatic carbocycles. The number of hydrogen-bond acceptors (Lipinski definition) is 5. The van der Waals surface area contributed by atoms with Gasteiger partial charge in [-0.05, 0) is 25.9 Å². The summed E-state index contributed by atoms with van der Waals surface area (Å²) in [5.74, 6) is 1.62. The highest BCUT2D eigenvalue weighted by Crippen LogP contribution is 2.34. The molecule has 0 unspecified atom stereocenters. The van der Waals surface area contributed by atoms with Crippen molar-refractivity contribution >= 4 is 5.78 Å². The van der Waals surface area contributed by atoms with Crippen LogP contribution in [0.2, 0.25) is 0 Å². The van der Waals surface area contributed by atoms with Crippen LogP contribution in [0.25, 0.3) is 0 Å². The van der Waals surface area contributed by atoms with Crippen LogP contribution in [0.3, 0.4) is 0 Å². The highest BCUT2D eigenvalue weighted by Gasteiger charge is 2.23. The summed E-state index contributed by atoms with van der Waals surface area (Å²) in [6.45, 7) is 2.36. The minimum atomic E-state index is 0.0215. The number of nitrogens with zero attached hydrogens (tertiary/aromatic N) is 1. The summed E-state index contributed by atoms with van der Waals surface area (Å²) < 4.78 is 15.9. The van der Waals surface area contributed by atoms with Gasteiger partial charge in [0, 0.05) is 12.1 Å². The minimum absolute atomic E-state index is 0.0215. The average Bonchev–Trinajstić information content (AvgIpc) is 2.54. The molecule has 1 aliphatic heterocycles. The first-order valence-electron chi connectivity index (χ1n) is 7.25. The number of benzene rings is 1. The number of rotatable bonds is 6. The summed E-state index contributed by atoms with van der Waals surface area (Å²) in [7, 11) is 4.67. The monoisotopic (exact) mass is 293 g/mol. The largest absolute Gasteiger partial charge is 0.496 e. The fourth-order valence-corrected chi connectivity index (χ4v) is 2.68. The number of piperidine rings is 1. The van der Waals surface area contributed by atoms with Crippen LogP contribution >= 0.6 is 0 Å². The molecule has 116 valence electrons. The van der Waals surface area contributed by atoms with Gasteiger partial charge in [0.1, 0.15) is 22.8 Å². The second-order valence-electron chi connectivity index (χ2n) is 5.17. The number of likely N-dealkylation sites (tertiary alicyclic amines) is 1. The zero-order valence-corrected chi connectivity index (χ0v) is 13.0. The zero-order valence-electron chi connectivity index (χ0n) is 13.0. The van der Waals surface area contributed by atoms with Gasteiger partial charge in [0.15, 0.2) is 5.78 Å². The maximum Gasteiger partial charge on any atom is 0.184 e. The molecule has 0 atom stereocenters. The molecule has 21 heavy (non-hydrogen) atoms. The lowest BCUT2D eigenvalue weighted by Gasteiger charge is -2.26. The topological polar surface area (TPSA) is 48.0 Å². The smallest absolute Gasteiger partial charge is 0.184 e. The van der Waals surface area contributed by atoms with E-state index in [0.717, 1.165) is 25.9 Å². The molecule has 0 spiro atoms. The molecule has 0 saturated carbocycles. The van der Waals surface area contributed by atoms with Gasteiger partial charge < -0.3 is 14.2 Å². The molecular weight excluding hydrogens is 270 g/mol. The van der Waals surface area contributed by atoms with E-state index in [0.29, 0.717) is 29.4 Å². The molecule has 0 aromatic heterocycles. The van der Waals surface area contributed by atoms with Crippen molar-refractivity contribution in [2.24, 2.45) is 0 Å². The predicted octanol–water partition coefficient (Wildman–Crippen LogP) is 2.38. The lowest BCUT2D eigenvalue weighted by molar-refractivity contribution is 0.0909. The Labute approximate surface area is 125 Å². The van der Waals surface area contributed by atoms with Gasteiger partial charge in [0.2, 0.25) is 0 Å². The Morgan fingerprint density at radius 1 is 1.00 bits per heavy atom. The molecule has 0 radical (unpaired) electrons. The Morgan fingerprint density at radius 3 is 2.05 bits per heavy atom. The molecule has 2 rings (SSSR count). The molecule has 1 saturated heterocycles. The van der Waals surface area contributed by atoms with E-state index < -0.39 is 0 Å². The zero-order chi connectivity index (χ0) is 15.2. The molecule has 0 N–H and O–H groups in total. The number of carbonyl (C=O) groups excluding carboxylic acids is 1. The third-order valence-corrected chi connectivity index (χ3v) is 3.81. The summed E-state index contributed by atoms with van der Waals surface area (Å²) in [4.78, 5) is 14.8.